The molecule has 2 N–H and O–H groups in total. The van der Waals surface area contributed by atoms with Crippen LogP contribution in [0.25, 0.3) is 0 Å². The second-order valence-corrected chi connectivity index (χ2v) is 6.91. The van der Waals surface area contributed by atoms with Crippen molar-refractivity contribution >= 4 is 29.9 Å². The number of nitrogens with one attached hydrogen (secondary N) is 2. The lowest BCUT2D eigenvalue weighted by atomic mass is 10.2. The van der Waals surface area contributed by atoms with Gasteiger partial charge in [0.05, 0.1) is 13.1 Å². The average Bonchev–Trinajstić information content (AvgIpc) is 2.93. The molecule has 160 valence electrons. The van der Waals surface area contributed by atoms with Crippen LogP contribution in [0.15, 0.2) is 29.3 Å². The maximum atomic E-state index is 13.3. The molecule has 2 aromatic rings. The number of aromatic nitrogens is 3. The van der Waals surface area contributed by atoms with E-state index in [0.717, 1.165) is 31.0 Å². The molecule has 0 saturated carbocycles. The maximum absolute atomic E-state index is 13.3. The molecule has 1 atom stereocenters. The van der Waals surface area contributed by atoms with Crippen molar-refractivity contribution in [3.05, 3.63) is 41.7 Å². The molecule has 3 rings (SSSR count). The van der Waals surface area contributed by atoms with Crippen LogP contribution in [0.4, 0.5) is 4.39 Å². The van der Waals surface area contributed by atoms with Crippen LogP contribution >= 0.6 is 24.0 Å². The summed E-state index contributed by atoms with van der Waals surface area (Å²) in [6, 6.07) is 6.21. The number of hydrogen-bond acceptors (Lipinski definition) is 4. The Morgan fingerprint density at radius 3 is 2.90 bits per heavy atom. The highest BCUT2D eigenvalue weighted by atomic mass is 127. The first-order chi connectivity index (χ1) is 13.7. The van der Waals surface area contributed by atoms with Crippen LogP contribution in [0.1, 0.15) is 44.3 Å². The van der Waals surface area contributed by atoms with E-state index in [9.17, 15) is 4.39 Å². The summed E-state index contributed by atoms with van der Waals surface area (Å²) in [5.41, 5.74) is 0. The summed E-state index contributed by atoms with van der Waals surface area (Å²) >= 11 is 0. The van der Waals surface area contributed by atoms with Crippen LogP contribution in [-0.2, 0) is 19.5 Å². The number of hydrogen-bond donors (Lipinski definition) is 2. The third-order valence-electron chi connectivity index (χ3n) is 4.88. The zero-order chi connectivity index (χ0) is 19.8. The third kappa shape index (κ3) is 6.83. The van der Waals surface area contributed by atoms with Crippen LogP contribution in [0.2, 0.25) is 0 Å². The van der Waals surface area contributed by atoms with Gasteiger partial charge < -0.3 is 19.9 Å². The van der Waals surface area contributed by atoms with Crippen LogP contribution in [0.3, 0.4) is 0 Å². The van der Waals surface area contributed by atoms with Gasteiger partial charge in [0.15, 0.2) is 11.8 Å². The van der Waals surface area contributed by atoms with Gasteiger partial charge in [0.1, 0.15) is 23.5 Å². The predicted octanol–water partition coefficient (Wildman–Crippen LogP) is 3.28. The highest BCUT2D eigenvalue weighted by molar-refractivity contribution is 14.0. The molecule has 0 fully saturated rings. The average molecular weight is 516 g/mol. The molecule has 1 aromatic heterocycles. The molecule has 1 unspecified atom stereocenters. The van der Waals surface area contributed by atoms with Gasteiger partial charge in [0.25, 0.3) is 0 Å². The molecule has 29 heavy (non-hydrogen) atoms. The smallest absolute Gasteiger partial charge is 0.191 e. The summed E-state index contributed by atoms with van der Waals surface area (Å²) in [6.45, 7) is 4.14. The van der Waals surface area contributed by atoms with Gasteiger partial charge in [0, 0.05) is 26.1 Å². The molecule has 1 aliphatic heterocycles. The monoisotopic (exact) mass is 516 g/mol. The Bertz CT molecular complexity index is 797. The lowest BCUT2D eigenvalue weighted by Crippen LogP contribution is -2.42. The molecule has 0 spiro atoms. The fourth-order valence-electron chi connectivity index (χ4n) is 3.27. The Morgan fingerprint density at radius 1 is 1.28 bits per heavy atom. The molecule has 1 aromatic carbocycles. The van der Waals surface area contributed by atoms with E-state index in [1.807, 2.05) is 6.92 Å². The van der Waals surface area contributed by atoms with E-state index in [4.69, 9.17) is 4.74 Å². The van der Waals surface area contributed by atoms with E-state index in [-0.39, 0.29) is 35.9 Å². The molecule has 0 radical (unpaired) electrons. The number of aliphatic imine (C=N–C) groups is 1. The van der Waals surface area contributed by atoms with Crippen LogP contribution in [0, 0.1) is 5.82 Å². The van der Waals surface area contributed by atoms with Gasteiger partial charge in [-0.1, -0.05) is 19.4 Å². The lowest BCUT2D eigenvalue weighted by Gasteiger charge is -2.20. The second-order valence-electron chi connectivity index (χ2n) is 6.91. The van der Waals surface area contributed by atoms with Crippen molar-refractivity contribution in [1.29, 1.82) is 0 Å². The minimum absolute atomic E-state index is 0. The van der Waals surface area contributed by atoms with Crippen LogP contribution < -0.4 is 15.4 Å². The highest BCUT2D eigenvalue weighted by Crippen LogP contribution is 2.15. The van der Waals surface area contributed by atoms with Crippen molar-refractivity contribution in [2.24, 2.45) is 4.99 Å². The topological polar surface area (TPSA) is 76.4 Å². The molecule has 2 heterocycles. The third-order valence-corrected chi connectivity index (χ3v) is 4.88. The fraction of sp³-hybridized carbons (Fsp3) is 0.550. The number of rotatable bonds is 7. The van der Waals surface area contributed by atoms with Crippen molar-refractivity contribution in [3.63, 3.8) is 0 Å². The predicted molar refractivity (Wildman–Crippen MR) is 122 cm³/mol. The number of guanidine groups is 1. The highest BCUT2D eigenvalue weighted by Gasteiger charge is 2.15. The van der Waals surface area contributed by atoms with Crippen molar-refractivity contribution in [2.75, 3.05) is 13.6 Å². The summed E-state index contributed by atoms with van der Waals surface area (Å²) in [6.07, 6.45) is 5.28. The van der Waals surface area contributed by atoms with E-state index in [1.54, 1.807) is 19.2 Å². The Balaban J connectivity index is 0.00000300. The largest absolute Gasteiger partial charge is 0.489 e. The van der Waals surface area contributed by atoms with E-state index in [1.165, 1.54) is 31.4 Å². The molecule has 7 nitrogen and oxygen atoms in total. The maximum Gasteiger partial charge on any atom is 0.191 e. The Morgan fingerprint density at radius 2 is 2.14 bits per heavy atom. The first-order valence-electron chi connectivity index (χ1n) is 9.97. The molecule has 0 bridgehead atoms. The second kappa shape index (κ2) is 11.9. The van der Waals surface area contributed by atoms with Crippen LogP contribution in [0.5, 0.6) is 5.75 Å². The minimum Gasteiger partial charge on any atom is -0.489 e. The number of ether oxygens (including phenoxy) is 1. The first-order valence-corrected chi connectivity index (χ1v) is 9.97. The number of benzene rings is 1. The molecular formula is C20H30FIN6O. The molecule has 0 saturated heterocycles. The Kier molecular flexibility index (Phi) is 9.62. The number of nitrogens with zero attached hydrogens (tertiary/aromatic N) is 4. The van der Waals surface area contributed by atoms with E-state index in [2.05, 4.69) is 30.4 Å². The molecule has 1 aliphatic rings. The van der Waals surface area contributed by atoms with Gasteiger partial charge in [-0.05, 0) is 31.4 Å². The van der Waals surface area contributed by atoms with Gasteiger partial charge in [-0.3, -0.25) is 4.99 Å². The van der Waals surface area contributed by atoms with Crippen LogP contribution in [-0.4, -0.2) is 40.4 Å². The number of fused-ring (bicyclic) bond motifs is 1. The number of aryl methyl sites for hydroxylation is 1. The van der Waals surface area contributed by atoms with Gasteiger partial charge in [-0.25, -0.2) is 4.39 Å². The summed E-state index contributed by atoms with van der Waals surface area (Å²) in [7, 11) is 1.73. The van der Waals surface area contributed by atoms with Gasteiger partial charge >= 0.3 is 0 Å². The van der Waals surface area contributed by atoms with Crippen molar-refractivity contribution in [1.82, 2.24) is 25.4 Å². The van der Waals surface area contributed by atoms with Crippen molar-refractivity contribution in [3.8, 4) is 5.75 Å². The normalized spacial score (nSPS) is 14.9. The van der Waals surface area contributed by atoms with Gasteiger partial charge in [-0.2, -0.15) is 0 Å². The molecule has 0 amide bonds. The van der Waals surface area contributed by atoms with Gasteiger partial charge in [0.2, 0.25) is 0 Å². The summed E-state index contributed by atoms with van der Waals surface area (Å²) in [5, 5.41) is 15.2. The summed E-state index contributed by atoms with van der Waals surface area (Å²) < 4.78 is 21.4. The zero-order valence-electron chi connectivity index (χ0n) is 17.0. The molecular weight excluding hydrogens is 486 g/mol. The minimum atomic E-state index is -0.301. The SMILES string of the molecule is CCC(CNC(=NC)NCc1nnc2n1CCCCC2)Oc1cccc(F)c1.I. The standard InChI is InChI=1S/C20H29FN6O.HI/c1-3-16(28-17-9-7-8-15(21)12-17)13-23-20(22-2)24-14-19-26-25-18-10-5-4-6-11-27(18)19;/h7-9,12,16H,3-6,10-11,13-14H2,1-2H3,(H2,22,23,24);1H. The van der Waals surface area contributed by atoms with E-state index < -0.39 is 0 Å². The Hall–Kier alpha value is -1.91. The van der Waals surface area contributed by atoms with Crippen molar-refractivity contribution in [2.45, 2.75) is 58.2 Å². The van der Waals surface area contributed by atoms with E-state index >= 15 is 0 Å². The number of halogens is 2. The summed E-state index contributed by atoms with van der Waals surface area (Å²) in [5.74, 6) is 2.91. The fourth-order valence-corrected chi connectivity index (χ4v) is 3.27. The lowest BCUT2D eigenvalue weighted by molar-refractivity contribution is 0.198. The van der Waals surface area contributed by atoms with Crippen molar-refractivity contribution < 1.29 is 9.13 Å². The van der Waals surface area contributed by atoms with E-state index in [0.29, 0.717) is 24.8 Å². The first kappa shape index (κ1) is 23.4. The Labute approximate surface area is 188 Å². The quantitative estimate of drug-likeness (QED) is 0.336. The van der Waals surface area contributed by atoms with Gasteiger partial charge in [-0.15, -0.1) is 34.2 Å². The summed E-state index contributed by atoms with van der Waals surface area (Å²) in [4.78, 5) is 4.27. The molecule has 0 aliphatic carbocycles. The zero-order valence-corrected chi connectivity index (χ0v) is 19.4. The molecule has 9 heteroatoms.